The monoisotopic (exact) mass is 245 g/mol. The molecule has 0 radical (unpaired) electrons. The SMILES string of the molecule is NC(=O)N1CCOCC1.O=C(O)[C@@H]1CCCN1. The number of amides is 2. The molecule has 2 fully saturated rings. The molecule has 2 rings (SSSR count). The summed E-state index contributed by atoms with van der Waals surface area (Å²) >= 11 is 0. The second-order valence-corrected chi connectivity index (χ2v) is 3.92. The van der Waals surface area contributed by atoms with E-state index in [9.17, 15) is 9.59 Å². The van der Waals surface area contributed by atoms with Gasteiger partial charge >= 0.3 is 12.0 Å². The van der Waals surface area contributed by atoms with E-state index < -0.39 is 5.97 Å². The van der Waals surface area contributed by atoms with Gasteiger partial charge in [-0.15, -0.1) is 0 Å². The van der Waals surface area contributed by atoms with Gasteiger partial charge < -0.3 is 25.8 Å². The zero-order chi connectivity index (χ0) is 12.7. The Labute approximate surface area is 99.9 Å². The number of carbonyl (C=O) groups is 2. The van der Waals surface area contributed by atoms with Crippen LogP contribution in [0.25, 0.3) is 0 Å². The van der Waals surface area contributed by atoms with Crippen LogP contribution in [0.4, 0.5) is 4.79 Å². The number of nitrogens with one attached hydrogen (secondary N) is 1. The Bertz CT molecular complexity index is 260. The van der Waals surface area contributed by atoms with Crippen molar-refractivity contribution in [1.29, 1.82) is 0 Å². The van der Waals surface area contributed by atoms with Crippen LogP contribution in [0.1, 0.15) is 12.8 Å². The van der Waals surface area contributed by atoms with Crippen LogP contribution < -0.4 is 11.1 Å². The topological polar surface area (TPSA) is 105 Å². The fourth-order valence-electron chi connectivity index (χ4n) is 1.68. The zero-order valence-electron chi connectivity index (χ0n) is 9.72. The number of aliphatic carboxylic acids is 1. The van der Waals surface area contributed by atoms with E-state index >= 15 is 0 Å². The number of rotatable bonds is 1. The lowest BCUT2D eigenvalue weighted by atomic mass is 10.2. The molecule has 0 saturated carbocycles. The number of nitrogens with two attached hydrogens (primary N) is 1. The van der Waals surface area contributed by atoms with Crippen LogP contribution in [0, 0.1) is 0 Å². The molecule has 0 unspecified atom stereocenters. The maximum absolute atomic E-state index is 10.4. The highest BCUT2D eigenvalue weighted by atomic mass is 16.5. The van der Waals surface area contributed by atoms with Gasteiger partial charge in [-0.25, -0.2) is 4.79 Å². The number of hydrogen-bond acceptors (Lipinski definition) is 4. The van der Waals surface area contributed by atoms with Gasteiger partial charge in [0.25, 0.3) is 0 Å². The summed E-state index contributed by atoms with van der Waals surface area (Å²) in [5.74, 6) is -0.720. The van der Waals surface area contributed by atoms with Crippen LogP contribution >= 0.6 is 0 Å². The number of primary amides is 1. The Hall–Kier alpha value is -1.34. The maximum Gasteiger partial charge on any atom is 0.320 e. The van der Waals surface area contributed by atoms with Crippen molar-refractivity contribution >= 4 is 12.0 Å². The molecule has 2 aliphatic heterocycles. The van der Waals surface area contributed by atoms with E-state index in [0.29, 0.717) is 26.3 Å². The molecule has 0 spiro atoms. The number of nitrogens with zero attached hydrogens (tertiary/aromatic N) is 1. The number of carboxylic acids is 1. The van der Waals surface area contributed by atoms with Gasteiger partial charge in [-0.05, 0) is 19.4 Å². The molecular weight excluding hydrogens is 226 g/mol. The molecule has 4 N–H and O–H groups in total. The van der Waals surface area contributed by atoms with Gasteiger partial charge in [0.2, 0.25) is 0 Å². The van der Waals surface area contributed by atoms with Crippen molar-refractivity contribution in [2.45, 2.75) is 18.9 Å². The molecule has 0 aromatic rings. The Morgan fingerprint density at radius 2 is 2.00 bits per heavy atom. The summed E-state index contributed by atoms with van der Waals surface area (Å²) in [5.41, 5.74) is 5.00. The van der Waals surface area contributed by atoms with Crippen molar-refractivity contribution in [2.75, 3.05) is 32.8 Å². The highest BCUT2D eigenvalue weighted by Gasteiger charge is 2.20. The number of morpholine rings is 1. The normalized spacial score (nSPS) is 23.8. The zero-order valence-corrected chi connectivity index (χ0v) is 9.72. The van der Waals surface area contributed by atoms with Gasteiger partial charge in [0.05, 0.1) is 13.2 Å². The lowest BCUT2D eigenvalue weighted by Gasteiger charge is -2.24. The molecule has 0 aliphatic carbocycles. The van der Waals surface area contributed by atoms with Crippen molar-refractivity contribution in [2.24, 2.45) is 5.73 Å². The molecule has 0 aromatic heterocycles. The van der Waals surface area contributed by atoms with E-state index in [0.717, 1.165) is 19.4 Å². The standard InChI is InChI=1S/C5H10N2O2.C5H9NO2/c6-5(8)7-1-3-9-4-2-7;7-5(8)4-2-1-3-6-4/h1-4H2,(H2,6,8);4,6H,1-3H2,(H,7,8)/t;4-/m.0/s1. The van der Waals surface area contributed by atoms with Gasteiger partial charge in [-0.3, -0.25) is 4.79 Å². The summed E-state index contributed by atoms with van der Waals surface area (Å²) in [6.45, 7) is 3.35. The second kappa shape index (κ2) is 7.08. The average Bonchev–Trinajstić information content (AvgIpc) is 2.84. The van der Waals surface area contributed by atoms with Gasteiger partial charge in [0.1, 0.15) is 6.04 Å². The van der Waals surface area contributed by atoms with Crippen LogP contribution in [-0.2, 0) is 9.53 Å². The predicted octanol–water partition coefficient (Wildman–Crippen LogP) is -0.780. The molecule has 17 heavy (non-hydrogen) atoms. The van der Waals surface area contributed by atoms with Crippen LogP contribution in [-0.4, -0.2) is 60.9 Å². The third-order valence-corrected chi connectivity index (χ3v) is 2.68. The van der Waals surface area contributed by atoms with Crippen LogP contribution in [0.3, 0.4) is 0 Å². The van der Waals surface area contributed by atoms with E-state index in [1.807, 2.05) is 0 Å². The fourth-order valence-corrected chi connectivity index (χ4v) is 1.68. The molecule has 2 aliphatic rings. The van der Waals surface area contributed by atoms with Crippen LogP contribution in [0.2, 0.25) is 0 Å². The van der Waals surface area contributed by atoms with Crippen molar-refractivity contribution < 1.29 is 19.4 Å². The minimum Gasteiger partial charge on any atom is -0.480 e. The minimum absolute atomic E-state index is 0.269. The second-order valence-electron chi connectivity index (χ2n) is 3.92. The molecule has 0 aromatic carbocycles. The Morgan fingerprint density at radius 3 is 2.29 bits per heavy atom. The minimum atomic E-state index is -0.720. The lowest BCUT2D eigenvalue weighted by molar-refractivity contribution is -0.139. The van der Waals surface area contributed by atoms with Crippen molar-refractivity contribution in [1.82, 2.24) is 10.2 Å². The first kappa shape index (κ1) is 13.7. The van der Waals surface area contributed by atoms with Gasteiger partial charge in [-0.2, -0.15) is 0 Å². The average molecular weight is 245 g/mol. The van der Waals surface area contributed by atoms with E-state index in [-0.39, 0.29) is 12.1 Å². The largest absolute Gasteiger partial charge is 0.480 e. The summed E-state index contributed by atoms with van der Waals surface area (Å²) in [6.07, 6.45) is 1.78. The molecule has 1 atom stereocenters. The van der Waals surface area contributed by atoms with Crippen molar-refractivity contribution in [3.63, 3.8) is 0 Å². The molecule has 2 heterocycles. The van der Waals surface area contributed by atoms with E-state index in [4.69, 9.17) is 15.6 Å². The molecule has 7 heteroatoms. The Balaban J connectivity index is 0.000000171. The van der Waals surface area contributed by atoms with Gasteiger partial charge in [0, 0.05) is 13.1 Å². The summed E-state index contributed by atoms with van der Waals surface area (Å²) in [7, 11) is 0. The van der Waals surface area contributed by atoms with Crippen LogP contribution in [0.15, 0.2) is 0 Å². The third-order valence-electron chi connectivity index (χ3n) is 2.68. The summed E-state index contributed by atoms with van der Waals surface area (Å²) in [5, 5.41) is 11.2. The van der Waals surface area contributed by atoms with E-state index in [1.165, 1.54) is 0 Å². The third kappa shape index (κ3) is 5.01. The van der Waals surface area contributed by atoms with E-state index in [1.54, 1.807) is 4.90 Å². The number of hydrogen-bond donors (Lipinski definition) is 3. The first-order valence-corrected chi connectivity index (χ1v) is 5.69. The van der Waals surface area contributed by atoms with E-state index in [2.05, 4.69) is 5.32 Å². The molecule has 2 saturated heterocycles. The van der Waals surface area contributed by atoms with Gasteiger partial charge in [-0.1, -0.05) is 0 Å². The summed E-state index contributed by atoms with van der Waals surface area (Å²) in [4.78, 5) is 22.2. The van der Waals surface area contributed by atoms with Crippen molar-refractivity contribution in [3.8, 4) is 0 Å². The molecular formula is C10H19N3O4. The summed E-state index contributed by atoms with van der Waals surface area (Å²) < 4.78 is 5.00. The predicted molar refractivity (Wildman–Crippen MR) is 60.6 cm³/mol. The first-order valence-electron chi connectivity index (χ1n) is 5.69. The van der Waals surface area contributed by atoms with Crippen molar-refractivity contribution in [3.05, 3.63) is 0 Å². The van der Waals surface area contributed by atoms with Gasteiger partial charge in [0.15, 0.2) is 0 Å². The number of ether oxygens (including phenoxy) is 1. The number of urea groups is 1. The fraction of sp³-hybridized carbons (Fsp3) is 0.800. The smallest absolute Gasteiger partial charge is 0.320 e. The molecule has 7 nitrogen and oxygen atoms in total. The number of carbonyl (C=O) groups excluding carboxylic acids is 1. The Morgan fingerprint density at radius 1 is 1.35 bits per heavy atom. The number of carboxylic acid groups (broad SMARTS) is 1. The first-order chi connectivity index (χ1) is 8.11. The lowest BCUT2D eigenvalue weighted by Crippen LogP contribution is -2.43. The molecule has 0 bridgehead atoms. The Kier molecular flexibility index (Phi) is 5.71. The highest BCUT2D eigenvalue weighted by molar-refractivity contribution is 5.73. The molecule has 2 amide bonds. The quantitative estimate of drug-likeness (QED) is 0.562. The summed E-state index contributed by atoms with van der Waals surface area (Å²) in [6, 6.07) is -0.617. The maximum atomic E-state index is 10.4. The highest BCUT2D eigenvalue weighted by Crippen LogP contribution is 2.03. The van der Waals surface area contributed by atoms with Crippen LogP contribution in [0.5, 0.6) is 0 Å². The molecule has 98 valence electrons.